The monoisotopic (exact) mass is 620 g/mol. The fraction of sp³-hybridized carbons (Fsp3) is 0.387. The van der Waals surface area contributed by atoms with Gasteiger partial charge in [-0.25, -0.2) is 8.42 Å². The number of aryl methyl sites for hydroxylation is 2. The van der Waals surface area contributed by atoms with E-state index in [1.165, 1.54) is 24.7 Å². The van der Waals surface area contributed by atoms with Gasteiger partial charge in [-0.05, 0) is 73.9 Å². The van der Waals surface area contributed by atoms with Crippen LogP contribution < -0.4 is 5.32 Å². The van der Waals surface area contributed by atoms with E-state index in [4.69, 9.17) is 28.3 Å². The number of sulfonamides is 1. The van der Waals surface area contributed by atoms with Gasteiger partial charge in [-0.15, -0.1) is 0 Å². The van der Waals surface area contributed by atoms with E-state index >= 15 is 0 Å². The Morgan fingerprint density at radius 1 is 1.00 bits per heavy atom. The summed E-state index contributed by atoms with van der Waals surface area (Å²) >= 11 is 13.0. The molecule has 0 heterocycles. The number of carboxylic acid groups (broad SMARTS) is 1. The highest BCUT2D eigenvalue weighted by molar-refractivity contribution is 7.89. The molecule has 1 unspecified atom stereocenters. The van der Waals surface area contributed by atoms with E-state index < -0.39 is 22.1 Å². The van der Waals surface area contributed by atoms with E-state index in [0.717, 1.165) is 34.7 Å². The van der Waals surface area contributed by atoms with E-state index in [0.29, 0.717) is 12.0 Å². The Morgan fingerprint density at radius 2 is 1.61 bits per heavy atom. The number of aliphatic hydroxyl groups is 1. The van der Waals surface area contributed by atoms with Gasteiger partial charge in [0.05, 0.1) is 16.1 Å². The summed E-state index contributed by atoms with van der Waals surface area (Å²) in [5.41, 5.74) is 3.14. The zero-order chi connectivity index (χ0) is 30.2. The molecule has 222 valence electrons. The molecule has 10 heteroatoms. The van der Waals surface area contributed by atoms with Crippen LogP contribution in [0, 0.1) is 0 Å². The SMILES string of the molecule is CN(CC(O)CNC(C)(C)CCCc1ccccc1)S(=O)(=O)c1c(Cl)cc(-c2ccccc2CCC(=O)O)cc1Cl. The largest absolute Gasteiger partial charge is 0.481 e. The maximum Gasteiger partial charge on any atom is 0.303 e. The second-order valence-corrected chi connectivity index (χ2v) is 13.7. The predicted molar refractivity (Wildman–Crippen MR) is 165 cm³/mol. The smallest absolute Gasteiger partial charge is 0.303 e. The first-order chi connectivity index (χ1) is 19.3. The first-order valence-electron chi connectivity index (χ1n) is 13.5. The number of nitrogens with zero attached hydrogens (tertiary/aromatic N) is 1. The highest BCUT2D eigenvalue weighted by atomic mass is 35.5. The van der Waals surface area contributed by atoms with Crippen molar-refractivity contribution in [3.8, 4) is 11.1 Å². The molecule has 1 atom stereocenters. The normalized spacial score (nSPS) is 13.0. The molecule has 0 saturated carbocycles. The van der Waals surface area contributed by atoms with Gasteiger partial charge in [-0.3, -0.25) is 4.79 Å². The second kappa shape index (κ2) is 14.6. The summed E-state index contributed by atoms with van der Waals surface area (Å²) in [4.78, 5) is 10.8. The van der Waals surface area contributed by atoms with Gasteiger partial charge in [0.15, 0.2) is 0 Å². The van der Waals surface area contributed by atoms with Crippen LogP contribution in [-0.4, -0.2) is 60.7 Å². The van der Waals surface area contributed by atoms with Gasteiger partial charge in [0.2, 0.25) is 10.0 Å². The minimum atomic E-state index is -4.12. The summed E-state index contributed by atoms with van der Waals surface area (Å²) < 4.78 is 27.9. The van der Waals surface area contributed by atoms with Gasteiger partial charge >= 0.3 is 5.97 Å². The van der Waals surface area contributed by atoms with Gasteiger partial charge in [-0.2, -0.15) is 4.31 Å². The molecule has 0 bridgehead atoms. The number of β-amino-alcohol motifs (C(OH)–C–C–N with tert-alkyl or cyclic N) is 1. The third-order valence-corrected chi connectivity index (χ3v) is 9.74. The van der Waals surface area contributed by atoms with Crippen LogP contribution in [0.2, 0.25) is 10.0 Å². The Labute approximate surface area is 253 Å². The van der Waals surface area contributed by atoms with Gasteiger partial charge in [-0.1, -0.05) is 77.8 Å². The van der Waals surface area contributed by atoms with Crippen molar-refractivity contribution in [2.24, 2.45) is 0 Å². The maximum atomic E-state index is 13.4. The number of rotatable bonds is 15. The van der Waals surface area contributed by atoms with E-state index in [1.807, 2.05) is 36.4 Å². The third kappa shape index (κ3) is 9.53. The highest BCUT2D eigenvalue weighted by Gasteiger charge is 2.29. The molecule has 0 aliphatic heterocycles. The average molecular weight is 622 g/mol. The van der Waals surface area contributed by atoms with Gasteiger partial charge in [0, 0.05) is 32.1 Å². The minimum absolute atomic E-state index is 0.0439. The zero-order valence-electron chi connectivity index (χ0n) is 23.6. The van der Waals surface area contributed by atoms with Crippen molar-refractivity contribution in [1.82, 2.24) is 9.62 Å². The van der Waals surface area contributed by atoms with Crippen molar-refractivity contribution < 1.29 is 23.4 Å². The summed E-state index contributed by atoms with van der Waals surface area (Å²) in [6.07, 6.45) is 2.13. The lowest BCUT2D eigenvalue weighted by Crippen LogP contribution is -2.46. The van der Waals surface area contributed by atoms with Crippen LogP contribution in [-0.2, 0) is 27.7 Å². The number of carbonyl (C=O) groups is 1. The zero-order valence-corrected chi connectivity index (χ0v) is 25.9. The molecule has 3 rings (SSSR count). The summed E-state index contributed by atoms with van der Waals surface area (Å²) in [6, 6.07) is 20.5. The average Bonchev–Trinajstić information content (AvgIpc) is 2.91. The lowest BCUT2D eigenvalue weighted by Gasteiger charge is -2.29. The molecule has 3 aromatic carbocycles. The molecule has 0 saturated heterocycles. The van der Waals surface area contributed by atoms with Crippen LogP contribution >= 0.6 is 23.2 Å². The number of nitrogens with one attached hydrogen (secondary N) is 1. The molecular formula is C31H38Cl2N2O5S. The molecule has 0 fully saturated rings. The number of benzene rings is 3. The summed E-state index contributed by atoms with van der Waals surface area (Å²) in [6.45, 7) is 4.19. The first kappa shape index (κ1) is 33.0. The van der Waals surface area contributed by atoms with Crippen LogP contribution in [0.5, 0.6) is 0 Å². The highest BCUT2D eigenvalue weighted by Crippen LogP contribution is 2.37. The van der Waals surface area contributed by atoms with Crippen molar-refractivity contribution in [2.75, 3.05) is 20.1 Å². The van der Waals surface area contributed by atoms with Crippen molar-refractivity contribution in [1.29, 1.82) is 0 Å². The third-order valence-electron chi connectivity index (χ3n) is 7.00. The molecule has 0 aliphatic rings. The molecule has 3 N–H and O–H groups in total. The first-order valence-corrected chi connectivity index (χ1v) is 15.7. The number of halogens is 2. The number of aliphatic hydroxyl groups excluding tert-OH is 1. The van der Waals surface area contributed by atoms with Gasteiger partial charge < -0.3 is 15.5 Å². The molecular weight excluding hydrogens is 583 g/mol. The lowest BCUT2D eigenvalue weighted by molar-refractivity contribution is -0.136. The summed E-state index contributed by atoms with van der Waals surface area (Å²) in [7, 11) is -2.74. The standard InChI is InChI=1S/C31H38Cl2N2O5S/c1-31(2,17-9-12-22-10-5-4-6-11-22)34-20-25(36)21-35(3)41(39,40)30-27(32)18-24(19-28(30)33)26-14-8-7-13-23(26)15-16-29(37)38/h4-8,10-11,13-14,18-19,25,34,36H,9,12,15-17,20-21H2,1-3H3,(H,37,38). The summed E-state index contributed by atoms with van der Waals surface area (Å²) in [5.74, 6) is -0.913. The molecule has 0 amide bonds. The Hall–Kier alpha value is -2.46. The molecule has 3 aromatic rings. The number of carboxylic acids is 1. The minimum Gasteiger partial charge on any atom is -0.481 e. The lowest BCUT2D eigenvalue weighted by atomic mass is 9.95. The Kier molecular flexibility index (Phi) is 11.8. The molecule has 0 radical (unpaired) electrons. The number of aliphatic carboxylic acids is 1. The molecule has 0 aliphatic carbocycles. The number of hydrogen-bond acceptors (Lipinski definition) is 5. The molecule has 0 spiro atoms. The van der Waals surface area contributed by atoms with Crippen LogP contribution in [0.3, 0.4) is 0 Å². The van der Waals surface area contributed by atoms with E-state index in [9.17, 15) is 18.3 Å². The van der Waals surface area contributed by atoms with E-state index in [-0.39, 0.29) is 40.0 Å². The van der Waals surface area contributed by atoms with E-state index in [2.05, 4.69) is 31.3 Å². The fourth-order valence-corrected chi connectivity index (χ4v) is 7.06. The molecule has 41 heavy (non-hydrogen) atoms. The summed E-state index contributed by atoms with van der Waals surface area (Å²) in [5, 5.41) is 23.0. The van der Waals surface area contributed by atoms with Crippen LogP contribution in [0.15, 0.2) is 71.6 Å². The van der Waals surface area contributed by atoms with Crippen LogP contribution in [0.4, 0.5) is 0 Å². The van der Waals surface area contributed by atoms with Gasteiger partial charge in [0.1, 0.15) is 4.90 Å². The Balaban J connectivity index is 1.65. The predicted octanol–water partition coefficient (Wildman–Crippen LogP) is 6.05. The Morgan fingerprint density at radius 3 is 2.24 bits per heavy atom. The molecule has 0 aromatic heterocycles. The van der Waals surface area contributed by atoms with Crippen molar-refractivity contribution >= 4 is 39.2 Å². The van der Waals surface area contributed by atoms with Crippen LogP contribution in [0.25, 0.3) is 11.1 Å². The maximum absolute atomic E-state index is 13.4. The number of likely N-dealkylation sites (N-methyl/N-ethyl adjacent to an activating group) is 1. The number of hydrogen-bond donors (Lipinski definition) is 3. The van der Waals surface area contributed by atoms with Gasteiger partial charge in [0.25, 0.3) is 0 Å². The topological polar surface area (TPSA) is 107 Å². The van der Waals surface area contributed by atoms with Crippen molar-refractivity contribution in [3.05, 3.63) is 87.9 Å². The molecule has 7 nitrogen and oxygen atoms in total. The van der Waals surface area contributed by atoms with Crippen LogP contribution in [0.1, 0.15) is 44.2 Å². The Bertz CT molecular complexity index is 1410. The van der Waals surface area contributed by atoms with Crippen molar-refractivity contribution in [2.45, 2.75) is 62.5 Å². The fourth-order valence-electron chi connectivity index (χ4n) is 4.70. The van der Waals surface area contributed by atoms with Crippen molar-refractivity contribution in [3.63, 3.8) is 0 Å². The van der Waals surface area contributed by atoms with E-state index in [1.54, 1.807) is 6.07 Å². The second-order valence-electron chi connectivity index (χ2n) is 10.9. The quantitative estimate of drug-likeness (QED) is 0.191.